The van der Waals surface area contributed by atoms with E-state index >= 15 is 0 Å². The molecule has 0 unspecified atom stereocenters. The molecular weight excluding hydrogens is 352 g/mol. The van der Waals surface area contributed by atoms with Gasteiger partial charge in [-0.05, 0) is 90.4 Å². The van der Waals surface area contributed by atoms with Crippen molar-refractivity contribution >= 4 is 5.78 Å². The monoisotopic (exact) mass is 398 g/mol. The minimum Gasteiger partial charge on any atom is -0.294 e. The number of Topliss-reactive ketones (excluding diaryl/α,β-unsaturated/α-hetero) is 1. The molecule has 4 aliphatic carbocycles. The Morgan fingerprint density at radius 3 is 2.38 bits per heavy atom. The lowest BCUT2D eigenvalue weighted by atomic mass is 9.43. The number of carbonyl (C=O) groups excluding carboxylic acids is 1. The van der Waals surface area contributed by atoms with Gasteiger partial charge in [0.2, 0.25) is 0 Å². The van der Waals surface area contributed by atoms with Gasteiger partial charge >= 0.3 is 0 Å². The Hall–Kier alpha value is -0.590. The molecule has 164 valence electrons. The van der Waals surface area contributed by atoms with Gasteiger partial charge < -0.3 is 0 Å². The van der Waals surface area contributed by atoms with E-state index in [0.717, 1.165) is 23.3 Å². The summed E-state index contributed by atoms with van der Waals surface area (Å²) in [7, 11) is 0. The fourth-order valence-corrected chi connectivity index (χ4v) is 9.03. The molecule has 0 aromatic heterocycles. The molecule has 0 amide bonds. The van der Waals surface area contributed by atoms with Crippen molar-refractivity contribution in [3.63, 3.8) is 0 Å². The van der Waals surface area contributed by atoms with Gasteiger partial charge in [-0.25, -0.2) is 0 Å². The first-order valence-corrected chi connectivity index (χ1v) is 12.9. The summed E-state index contributed by atoms with van der Waals surface area (Å²) in [6.45, 7) is 16.7. The molecule has 0 N–H and O–H groups in total. The minimum absolute atomic E-state index is 0.286. The molecule has 0 aromatic carbocycles. The quantitative estimate of drug-likeness (QED) is 0.431. The van der Waals surface area contributed by atoms with Crippen LogP contribution in [0.1, 0.15) is 105 Å². The van der Waals surface area contributed by atoms with Gasteiger partial charge in [-0.3, -0.25) is 4.79 Å². The Morgan fingerprint density at radius 2 is 1.66 bits per heavy atom. The molecule has 0 aromatic rings. The number of allylic oxidation sites excluding steroid dienone is 1. The van der Waals surface area contributed by atoms with Gasteiger partial charge in [0.25, 0.3) is 0 Å². The van der Waals surface area contributed by atoms with Gasteiger partial charge in [-0.2, -0.15) is 0 Å². The lowest BCUT2D eigenvalue weighted by Crippen LogP contribution is -2.57. The van der Waals surface area contributed by atoms with Crippen LogP contribution in [0.25, 0.3) is 0 Å². The third-order valence-electron chi connectivity index (χ3n) is 10.6. The standard InChI is InChI=1S/C28H46O/c1-18(2)10-9-11-19(3)21-13-14-23-25-24(15-17-28(21,23)6)27(5)16-8-7-12-22(27)20(4)26(25)29/h18-19,21-25H,4,7-17H2,1-3,5-6H3/t19-,21-,22-,23+,24+,25+,27+,28-/m1/s1. The summed E-state index contributed by atoms with van der Waals surface area (Å²) in [5.74, 6) is 4.93. The van der Waals surface area contributed by atoms with E-state index in [4.69, 9.17) is 0 Å². The molecule has 0 aliphatic heterocycles. The fraction of sp³-hybridized carbons (Fsp3) is 0.893. The summed E-state index contributed by atoms with van der Waals surface area (Å²) in [5.41, 5.74) is 1.74. The number of fused-ring (bicyclic) bond motifs is 5. The molecule has 0 saturated heterocycles. The van der Waals surface area contributed by atoms with Gasteiger partial charge in [-0.15, -0.1) is 0 Å². The molecule has 4 saturated carbocycles. The van der Waals surface area contributed by atoms with E-state index in [-0.39, 0.29) is 5.92 Å². The molecule has 0 heterocycles. The average molecular weight is 399 g/mol. The molecule has 0 spiro atoms. The van der Waals surface area contributed by atoms with Crippen molar-refractivity contribution in [2.75, 3.05) is 0 Å². The van der Waals surface area contributed by atoms with Gasteiger partial charge in [0.15, 0.2) is 5.78 Å². The molecule has 1 heteroatoms. The number of carbonyl (C=O) groups is 1. The Labute approximate surface area is 180 Å². The lowest BCUT2D eigenvalue weighted by molar-refractivity contribution is -0.146. The maximum atomic E-state index is 13.7. The normalized spacial score (nSPS) is 45.7. The van der Waals surface area contributed by atoms with Crippen molar-refractivity contribution < 1.29 is 4.79 Å². The van der Waals surface area contributed by atoms with Crippen molar-refractivity contribution in [2.45, 2.75) is 105 Å². The summed E-state index contributed by atoms with van der Waals surface area (Å²) in [6.07, 6.45) is 14.6. The van der Waals surface area contributed by atoms with Crippen LogP contribution in [-0.2, 0) is 4.79 Å². The molecule has 4 aliphatic rings. The first kappa shape index (κ1) is 21.6. The van der Waals surface area contributed by atoms with Crippen LogP contribution in [0.15, 0.2) is 12.2 Å². The molecule has 0 radical (unpaired) electrons. The summed E-state index contributed by atoms with van der Waals surface area (Å²) >= 11 is 0. The van der Waals surface area contributed by atoms with Crippen LogP contribution in [0, 0.1) is 52.3 Å². The molecule has 29 heavy (non-hydrogen) atoms. The summed E-state index contributed by atoms with van der Waals surface area (Å²) in [5, 5.41) is 0. The fourth-order valence-electron chi connectivity index (χ4n) is 9.03. The zero-order valence-electron chi connectivity index (χ0n) is 19.9. The Morgan fingerprint density at radius 1 is 0.931 bits per heavy atom. The Kier molecular flexibility index (Phi) is 5.84. The highest BCUT2D eigenvalue weighted by atomic mass is 16.1. The molecule has 4 rings (SSSR count). The molecule has 1 nitrogen and oxygen atoms in total. The van der Waals surface area contributed by atoms with E-state index in [0.29, 0.717) is 34.4 Å². The third kappa shape index (κ3) is 3.38. The largest absolute Gasteiger partial charge is 0.294 e. The van der Waals surface area contributed by atoms with Crippen LogP contribution in [0.5, 0.6) is 0 Å². The van der Waals surface area contributed by atoms with Crippen molar-refractivity contribution in [3.8, 4) is 0 Å². The third-order valence-corrected chi connectivity index (χ3v) is 10.6. The second kappa shape index (κ2) is 7.83. The second-order valence-corrected chi connectivity index (χ2v) is 12.5. The number of hydrogen-bond donors (Lipinski definition) is 0. The Balaban J connectivity index is 1.56. The van der Waals surface area contributed by atoms with Crippen molar-refractivity contribution in [3.05, 3.63) is 12.2 Å². The minimum atomic E-state index is 0.286. The van der Waals surface area contributed by atoms with Crippen LogP contribution in [0.4, 0.5) is 0 Å². The summed E-state index contributed by atoms with van der Waals surface area (Å²) in [4.78, 5) is 13.7. The van der Waals surface area contributed by atoms with E-state index in [1.807, 2.05) is 0 Å². The van der Waals surface area contributed by atoms with Gasteiger partial charge in [0.05, 0.1) is 0 Å². The highest BCUT2D eigenvalue weighted by Gasteiger charge is 2.63. The molecule has 0 bridgehead atoms. The Bertz CT molecular complexity index is 647. The smallest absolute Gasteiger partial charge is 0.162 e. The van der Waals surface area contributed by atoms with Crippen LogP contribution in [0.2, 0.25) is 0 Å². The van der Waals surface area contributed by atoms with Crippen LogP contribution < -0.4 is 0 Å². The van der Waals surface area contributed by atoms with Crippen LogP contribution in [-0.4, -0.2) is 5.78 Å². The predicted octanol–water partition coefficient (Wildman–Crippen LogP) is 7.84. The number of rotatable bonds is 5. The maximum Gasteiger partial charge on any atom is 0.162 e. The van der Waals surface area contributed by atoms with Gasteiger partial charge in [0.1, 0.15) is 0 Å². The highest BCUT2D eigenvalue weighted by Crippen LogP contribution is 2.68. The lowest BCUT2D eigenvalue weighted by Gasteiger charge is -2.60. The molecular formula is C28H46O. The molecule has 8 atom stereocenters. The summed E-state index contributed by atoms with van der Waals surface area (Å²) < 4.78 is 0. The first-order valence-electron chi connectivity index (χ1n) is 12.9. The van der Waals surface area contributed by atoms with E-state index in [9.17, 15) is 4.79 Å². The zero-order valence-corrected chi connectivity index (χ0v) is 19.9. The maximum absolute atomic E-state index is 13.7. The summed E-state index contributed by atoms with van der Waals surface area (Å²) in [6, 6.07) is 0. The van der Waals surface area contributed by atoms with E-state index in [1.54, 1.807) is 0 Å². The van der Waals surface area contributed by atoms with E-state index in [2.05, 4.69) is 41.2 Å². The van der Waals surface area contributed by atoms with Gasteiger partial charge in [0, 0.05) is 5.92 Å². The van der Waals surface area contributed by atoms with Crippen molar-refractivity contribution in [1.29, 1.82) is 0 Å². The number of hydrogen-bond acceptors (Lipinski definition) is 1. The second-order valence-electron chi connectivity index (χ2n) is 12.5. The number of ketones is 1. The SMILES string of the molecule is C=C1C(=O)[C@@H]2[C@H](CC[C@]3(C)[C@@H]([C@H](C)CCCC(C)C)CC[C@@H]23)[C@@]2(C)CCCC[C@H]12. The highest BCUT2D eigenvalue weighted by molar-refractivity contribution is 5.99. The molecule has 4 fully saturated rings. The topological polar surface area (TPSA) is 17.1 Å². The predicted molar refractivity (Wildman–Crippen MR) is 123 cm³/mol. The van der Waals surface area contributed by atoms with Crippen molar-refractivity contribution in [2.24, 2.45) is 52.3 Å². The zero-order chi connectivity index (χ0) is 21.0. The average Bonchev–Trinajstić information content (AvgIpc) is 3.02. The van der Waals surface area contributed by atoms with E-state index in [1.165, 1.54) is 70.6 Å². The van der Waals surface area contributed by atoms with Gasteiger partial charge in [-0.1, -0.05) is 73.3 Å². The first-order chi connectivity index (χ1) is 13.7. The van der Waals surface area contributed by atoms with Crippen LogP contribution in [0.3, 0.4) is 0 Å². The van der Waals surface area contributed by atoms with Crippen molar-refractivity contribution in [1.82, 2.24) is 0 Å². The van der Waals surface area contributed by atoms with E-state index < -0.39 is 0 Å². The van der Waals surface area contributed by atoms with Crippen LogP contribution >= 0.6 is 0 Å².